The van der Waals surface area contributed by atoms with Crippen LogP contribution in [0.5, 0.6) is 0 Å². The van der Waals surface area contributed by atoms with Crippen LogP contribution >= 0.6 is 0 Å². The van der Waals surface area contributed by atoms with Gasteiger partial charge in [0.2, 0.25) is 0 Å². The maximum atomic E-state index is 10.7. The minimum absolute atomic E-state index is 0.109. The molecule has 70 valence electrons. The van der Waals surface area contributed by atoms with E-state index >= 15 is 0 Å². The smallest absolute Gasteiger partial charge is 0.307 e. The SMILES string of the molecule is CCC(=O)O[C@H](CC)CC(=O)O. The molecule has 0 amide bonds. The van der Waals surface area contributed by atoms with Gasteiger partial charge in [0.25, 0.3) is 0 Å². The zero-order valence-electron chi connectivity index (χ0n) is 7.37. The molecule has 0 aliphatic carbocycles. The number of aliphatic carboxylic acids is 1. The molecule has 0 saturated carbocycles. The van der Waals surface area contributed by atoms with E-state index in [4.69, 9.17) is 9.84 Å². The number of carboxylic acids is 1. The molecule has 0 aliphatic heterocycles. The third kappa shape index (κ3) is 4.71. The van der Waals surface area contributed by atoms with Crippen LogP contribution in [0.4, 0.5) is 0 Å². The minimum atomic E-state index is -0.939. The second-order valence-corrected chi connectivity index (χ2v) is 2.47. The van der Waals surface area contributed by atoms with Gasteiger partial charge in [0.05, 0.1) is 6.42 Å². The number of rotatable bonds is 5. The Hall–Kier alpha value is -1.06. The van der Waals surface area contributed by atoms with Gasteiger partial charge in [-0.3, -0.25) is 9.59 Å². The summed E-state index contributed by atoms with van der Waals surface area (Å²) in [5.41, 5.74) is 0. The number of carbonyl (C=O) groups is 2. The van der Waals surface area contributed by atoms with Crippen molar-refractivity contribution < 1.29 is 19.4 Å². The summed E-state index contributed by atoms with van der Waals surface area (Å²) >= 11 is 0. The zero-order chi connectivity index (χ0) is 9.56. The topological polar surface area (TPSA) is 63.6 Å². The monoisotopic (exact) mass is 174 g/mol. The molecule has 0 bridgehead atoms. The van der Waals surface area contributed by atoms with Gasteiger partial charge in [-0.1, -0.05) is 13.8 Å². The van der Waals surface area contributed by atoms with E-state index in [0.29, 0.717) is 6.42 Å². The lowest BCUT2D eigenvalue weighted by atomic mass is 10.2. The summed E-state index contributed by atoms with van der Waals surface area (Å²) in [6, 6.07) is 0. The van der Waals surface area contributed by atoms with E-state index in [-0.39, 0.29) is 18.8 Å². The lowest BCUT2D eigenvalue weighted by molar-refractivity contribution is -0.152. The van der Waals surface area contributed by atoms with E-state index in [9.17, 15) is 9.59 Å². The lowest BCUT2D eigenvalue weighted by Gasteiger charge is -2.12. The molecular weight excluding hydrogens is 160 g/mol. The van der Waals surface area contributed by atoms with Gasteiger partial charge in [-0.25, -0.2) is 0 Å². The quantitative estimate of drug-likeness (QED) is 0.636. The van der Waals surface area contributed by atoms with Crippen LogP contribution in [0, 0.1) is 0 Å². The maximum Gasteiger partial charge on any atom is 0.307 e. The molecule has 0 aromatic heterocycles. The summed E-state index contributed by atoms with van der Waals surface area (Å²) in [6.07, 6.45) is 0.242. The summed E-state index contributed by atoms with van der Waals surface area (Å²) in [5, 5.41) is 8.41. The van der Waals surface area contributed by atoms with Crippen LogP contribution in [0.3, 0.4) is 0 Å². The minimum Gasteiger partial charge on any atom is -0.481 e. The number of hydrogen-bond acceptors (Lipinski definition) is 3. The summed E-state index contributed by atoms with van der Waals surface area (Å²) in [7, 11) is 0. The van der Waals surface area contributed by atoms with Crippen molar-refractivity contribution in [2.24, 2.45) is 0 Å². The van der Waals surface area contributed by atoms with Crippen molar-refractivity contribution >= 4 is 11.9 Å². The standard InChI is InChI=1S/C8H14O4/c1-3-6(5-7(9)10)12-8(11)4-2/h6H,3-5H2,1-2H3,(H,9,10)/t6-/m1/s1. The molecule has 0 rings (SSSR count). The maximum absolute atomic E-state index is 10.7. The normalized spacial score (nSPS) is 12.2. The van der Waals surface area contributed by atoms with Crippen molar-refractivity contribution in [2.45, 2.75) is 39.2 Å². The summed E-state index contributed by atoms with van der Waals surface area (Å²) in [4.78, 5) is 21.0. The molecule has 0 unspecified atom stereocenters. The number of ether oxygens (including phenoxy) is 1. The van der Waals surface area contributed by atoms with Crippen LogP contribution in [0.25, 0.3) is 0 Å². The van der Waals surface area contributed by atoms with Crippen LogP contribution < -0.4 is 0 Å². The molecule has 0 aromatic rings. The third-order valence-corrected chi connectivity index (χ3v) is 1.44. The van der Waals surface area contributed by atoms with Gasteiger partial charge < -0.3 is 9.84 Å². The molecule has 0 heterocycles. The van der Waals surface area contributed by atoms with Crippen molar-refractivity contribution in [2.75, 3.05) is 0 Å². The Morgan fingerprint density at radius 1 is 1.42 bits per heavy atom. The predicted molar refractivity (Wildman–Crippen MR) is 42.7 cm³/mol. The molecule has 4 heteroatoms. The van der Waals surface area contributed by atoms with Crippen molar-refractivity contribution in [3.63, 3.8) is 0 Å². The van der Waals surface area contributed by atoms with Gasteiger partial charge in [-0.15, -0.1) is 0 Å². The van der Waals surface area contributed by atoms with Gasteiger partial charge in [-0.2, -0.15) is 0 Å². The zero-order valence-corrected chi connectivity index (χ0v) is 7.37. The van der Waals surface area contributed by atoms with Crippen molar-refractivity contribution in [1.82, 2.24) is 0 Å². The Morgan fingerprint density at radius 2 is 2.00 bits per heavy atom. The largest absolute Gasteiger partial charge is 0.481 e. The average molecular weight is 174 g/mol. The first-order valence-corrected chi connectivity index (χ1v) is 4.01. The molecule has 0 aliphatic rings. The van der Waals surface area contributed by atoms with E-state index in [1.807, 2.05) is 0 Å². The number of esters is 1. The van der Waals surface area contributed by atoms with E-state index in [1.165, 1.54) is 0 Å². The van der Waals surface area contributed by atoms with Crippen molar-refractivity contribution in [1.29, 1.82) is 0 Å². The van der Waals surface area contributed by atoms with E-state index < -0.39 is 12.1 Å². The first-order valence-electron chi connectivity index (χ1n) is 4.01. The Labute approximate surface area is 71.5 Å². The third-order valence-electron chi connectivity index (χ3n) is 1.44. The average Bonchev–Trinajstić information content (AvgIpc) is 2.02. The molecule has 0 aromatic carbocycles. The van der Waals surface area contributed by atoms with Gasteiger partial charge in [0, 0.05) is 6.42 Å². The Morgan fingerprint density at radius 3 is 2.33 bits per heavy atom. The van der Waals surface area contributed by atoms with E-state index in [1.54, 1.807) is 13.8 Å². The van der Waals surface area contributed by atoms with Crippen LogP contribution in [0.1, 0.15) is 33.1 Å². The highest BCUT2D eigenvalue weighted by atomic mass is 16.5. The lowest BCUT2D eigenvalue weighted by Crippen LogP contribution is -2.20. The molecule has 12 heavy (non-hydrogen) atoms. The van der Waals surface area contributed by atoms with Gasteiger partial charge in [0.15, 0.2) is 0 Å². The Bertz CT molecular complexity index is 164. The van der Waals surface area contributed by atoms with Gasteiger partial charge in [0.1, 0.15) is 6.10 Å². The fourth-order valence-corrected chi connectivity index (χ4v) is 0.733. The number of carboxylic acid groups (broad SMARTS) is 1. The highest BCUT2D eigenvalue weighted by Crippen LogP contribution is 2.04. The van der Waals surface area contributed by atoms with Gasteiger partial charge in [-0.05, 0) is 6.42 Å². The molecule has 1 atom stereocenters. The molecule has 0 fully saturated rings. The number of carbonyl (C=O) groups excluding carboxylic acids is 1. The molecular formula is C8H14O4. The molecule has 0 saturated heterocycles. The molecule has 0 radical (unpaired) electrons. The van der Waals surface area contributed by atoms with E-state index in [2.05, 4.69) is 0 Å². The molecule has 4 nitrogen and oxygen atoms in total. The highest BCUT2D eigenvalue weighted by molar-refractivity contribution is 5.71. The predicted octanol–water partition coefficient (Wildman–Crippen LogP) is 1.19. The second-order valence-electron chi connectivity index (χ2n) is 2.47. The molecule has 0 spiro atoms. The van der Waals surface area contributed by atoms with Crippen LogP contribution in [-0.2, 0) is 14.3 Å². The summed E-state index contributed by atoms with van der Waals surface area (Å²) < 4.78 is 4.84. The Kier molecular flexibility index (Phi) is 5.08. The second kappa shape index (κ2) is 5.57. The van der Waals surface area contributed by atoms with Gasteiger partial charge >= 0.3 is 11.9 Å². The fraction of sp³-hybridized carbons (Fsp3) is 0.750. The summed E-state index contributed by atoms with van der Waals surface area (Å²) in [6.45, 7) is 3.46. The number of hydrogen-bond donors (Lipinski definition) is 1. The van der Waals surface area contributed by atoms with Crippen molar-refractivity contribution in [3.8, 4) is 0 Å². The fourth-order valence-electron chi connectivity index (χ4n) is 0.733. The van der Waals surface area contributed by atoms with E-state index in [0.717, 1.165) is 0 Å². The Balaban J connectivity index is 3.82. The summed E-state index contributed by atoms with van der Waals surface area (Å²) in [5.74, 6) is -1.28. The van der Waals surface area contributed by atoms with Crippen molar-refractivity contribution in [3.05, 3.63) is 0 Å². The van der Waals surface area contributed by atoms with Crippen LogP contribution in [0.2, 0.25) is 0 Å². The molecule has 1 N–H and O–H groups in total. The highest BCUT2D eigenvalue weighted by Gasteiger charge is 2.14. The van der Waals surface area contributed by atoms with Crippen LogP contribution in [-0.4, -0.2) is 23.1 Å². The first kappa shape index (κ1) is 10.9. The van der Waals surface area contributed by atoms with Crippen LogP contribution in [0.15, 0.2) is 0 Å². The first-order chi connectivity index (χ1) is 5.60.